The number of aromatic nitrogens is 1. The van der Waals surface area contributed by atoms with E-state index in [0.717, 1.165) is 10.9 Å². The molecule has 0 saturated heterocycles. The van der Waals surface area contributed by atoms with Crippen LogP contribution in [0.3, 0.4) is 0 Å². The number of rotatable bonds is 1. The van der Waals surface area contributed by atoms with Crippen molar-refractivity contribution in [2.24, 2.45) is 0 Å². The summed E-state index contributed by atoms with van der Waals surface area (Å²) in [5, 5.41) is 0.608. The van der Waals surface area contributed by atoms with E-state index in [-0.39, 0.29) is 10.3 Å². The Morgan fingerprint density at radius 1 is 0.895 bits per heavy atom. The highest BCUT2D eigenvalue weighted by Crippen LogP contribution is 2.68. The van der Waals surface area contributed by atoms with Gasteiger partial charge in [-0.3, -0.25) is 8.90 Å². The Kier molecular flexibility index (Phi) is 3.22. The zero-order valence-corrected chi connectivity index (χ0v) is 13.7. The Balaban J connectivity index is 2.81. The Bertz CT molecular complexity index is 623. The molecule has 0 unspecified atom stereocenters. The van der Waals surface area contributed by atoms with Crippen LogP contribution in [0.5, 0.6) is 0 Å². The minimum atomic E-state index is -2.62. The van der Waals surface area contributed by atoms with Crippen molar-refractivity contribution in [1.82, 2.24) is 4.34 Å². The third kappa shape index (κ3) is 2.07. The van der Waals surface area contributed by atoms with Crippen LogP contribution in [-0.2, 0) is 4.57 Å². The third-order valence-corrected chi connectivity index (χ3v) is 8.29. The predicted molar refractivity (Wildman–Crippen MR) is 84.4 cm³/mol. The molecule has 0 aliphatic rings. The molecule has 1 heterocycles. The first-order valence-corrected chi connectivity index (χ1v) is 8.42. The van der Waals surface area contributed by atoms with Gasteiger partial charge in [0.05, 0.1) is 5.52 Å². The molecule has 19 heavy (non-hydrogen) atoms. The molecule has 0 atom stereocenters. The van der Waals surface area contributed by atoms with Crippen LogP contribution in [0, 0.1) is 0 Å². The van der Waals surface area contributed by atoms with Crippen molar-refractivity contribution < 1.29 is 4.57 Å². The standard InChI is InChI=1S/C16H24NOP/c1-15(2,3)19(18,16(4,5)6)17-12-11-13-9-7-8-10-14(13)17/h7-12H,1-6H3. The van der Waals surface area contributed by atoms with Crippen molar-refractivity contribution in [3.8, 4) is 0 Å². The van der Waals surface area contributed by atoms with Crippen molar-refractivity contribution in [2.45, 2.75) is 51.9 Å². The average molecular weight is 277 g/mol. The molecule has 0 fully saturated rings. The van der Waals surface area contributed by atoms with E-state index in [4.69, 9.17) is 0 Å². The van der Waals surface area contributed by atoms with Crippen molar-refractivity contribution in [3.05, 3.63) is 36.5 Å². The molecule has 0 spiro atoms. The molecule has 1 aromatic carbocycles. The summed E-state index contributed by atoms with van der Waals surface area (Å²) in [5.41, 5.74) is 1.07. The van der Waals surface area contributed by atoms with Crippen LogP contribution in [0.4, 0.5) is 0 Å². The summed E-state index contributed by atoms with van der Waals surface area (Å²) in [6.45, 7) is 12.5. The number of benzene rings is 1. The Labute approximate surface area is 116 Å². The molecule has 0 radical (unpaired) electrons. The number of para-hydroxylation sites is 1. The van der Waals surface area contributed by atoms with E-state index in [0.29, 0.717) is 0 Å². The number of hydrogen-bond acceptors (Lipinski definition) is 1. The summed E-state index contributed by atoms with van der Waals surface area (Å²) in [4.78, 5) is 0. The fourth-order valence-corrected chi connectivity index (χ4v) is 7.01. The highest BCUT2D eigenvalue weighted by molar-refractivity contribution is 7.65. The first kappa shape index (κ1) is 14.4. The van der Waals surface area contributed by atoms with Crippen LogP contribution in [-0.4, -0.2) is 14.6 Å². The molecular formula is C16H24NOP. The molecule has 0 amide bonds. The predicted octanol–water partition coefficient (Wildman–Crippen LogP) is 5.36. The monoisotopic (exact) mass is 277 g/mol. The number of fused-ring (bicyclic) bond motifs is 1. The summed E-state index contributed by atoms with van der Waals surface area (Å²) >= 11 is 0. The molecule has 2 nitrogen and oxygen atoms in total. The van der Waals surface area contributed by atoms with Crippen LogP contribution >= 0.6 is 7.29 Å². The topological polar surface area (TPSA) is 22.0 Å². The second-order valence-corrected chi connectivity index (χ2v) is 11.4. The van der Waals surface area contributed by atoms with E-state index in [1.807, 2.05) is 22.7 Å². The third-order valence-electron chi connectivity index (χ3n) is 3.70. The van der Waals surface area contributed by atoms with Crippen molar-refractivity contribution in [1.29, 1.82) is 0 Å². The average Bonchev–Trinajstić information content (AvgIpc) is 2.68. The Morgan fingerprint density at radius 3 is 1.95 bits per heavy atom. The second-order valence-electron chi connectivity index (χ2n) is 7.14. The van der Waals surface area contributed by atoms with E-state index < -0.39 is 7.29 Å². The van der Waals surface area contributed by atoms with Gasteiger partial charge in [-0.25, -0.2) is 0 Å². The molecule has 0 saturated carbocycles. The smallest absolute Gasteiger partial charge is 0.186 e. The quantitative estimate of drug-likeness (QED) is 0.643. The van der Waals surface area contributed by atoms with Crippen LogP contribution in [0.1, 0.15) is 41.5 Å². The van der Waals surface area contributed by atoms with Crippen molar-refractivity contribution in [3.63, 3.8) is 0 Å². The molecule has 0 bridgehead atoms. The van der Waals surface area contributed by atoms with Crippen LogP contribution < -0.4 is 0 Å². The summed E-state index contributed by atoms with van der Waals surface area (Å²) in [6.07, 6.45) is 1.99. The molecule has 0 aliphatic carbocycles. The maximum atomic E-state index is 13.9. The zero-order chi connectivity index (χ0) is 14.5. The van der Waals surface area contributed by atoms with E-state index >= 15 is 0 Å². The van der Waals surface area contributed by atoms with Crippen LogP contribution in [0.25, 0.3) is 10.9 Å². The summed E-state index contributed by atoms with van der Waals surface area (Å²) in [5.74, 6) is 0. The highest BCUT2D eigenvalue weighted by atomic mass is 31.2. The molecule has 2 rings (SSSR count). The van der Waals surface area contributed by atoms with Crippen LogP contribution in [0.2, 0.25) is 0 Å². The fraction of sp³-hybridized carbons (Fsp3) is 0.500. The van der Waals surface area contributed by atoms with Gasteiger partial charge in [-0.15, -0.1) is 0 Å². The number of hydrogen-bond donors (Lipinski definition) is 0. The van der Waals surface area contributed by atoms with E-state index in [2.05, 4.69) is 59.7 Å². The summed E-state index contributed by atoms with van der Waals surface area (Å²) in [7, 11) is -2.62. The maximum Gasteiger partial charge on any atom is 0.186 e. The van der Waals surface area contributed by atoms with Crippen molar-refractivity contribution in [2.75, 3.05) is 0 Å². The van der Waals surface area contributed by atoms with Crippen molar-refractivity contribution >= 4 is 18.2 Å². The minimum Gasteiger partial charge on any atom is -0.299 e. The van der Waals surface area contributed by atoms with Gasteiger partial charge in [-0.1, -0.05) is 59.7 Å². The maximum absolute atomic E-state index is 13.9. The van der Waals surface area contributed by atoms with E-state index in [9.17, 15) is 4.57 Å². The largest absolute Gasteiger partial charge is 0.299 e. The Morgan fingerprint density at radius 2 is 1.42 bits per heavy atom. The van der Waals surface area contributed by atoms with Gasteiger partial charge in [0.2, 0.25) is 0 Å². The molecule has 1 aromatic heterocycles. The normalized spacial score (nSPS) is 14.0. The van der Waals surface area contributed by atoms with Gasteiger partial charge in [-0.05, 0) is 17.5 Å². The molecule has 3 heteroatoms. The van der Waals surface area contributed by atoms with Crippen LogP contribution in [0.15, 0.2) is 36.5 Å². The molecule has 104 valence electrons. The van der Waals surface area contributed by atoms with Gasteiger partial charge >= 0.3 is 0 Å². The lowest BCUT2D eigenvalue weighted by Gasteiger charge is -2.42. The van der Waals surface area contributed by atoms with E-state index in [1.54, 1.807) is 0 Å². The van der Waals surface area contributed by atoms with Gasteiger partial charge in [0.1, 0.15) is 0 Å². The van der Waals surface area contributed by atoms with Gasteiger partial charge in [-0.2, -0.15) is 0 Å². The summed E-state index contributed by atoms with van der Waals surface area (Å²) in [6, 6.07) is 10.2. The SMILES string of the molecule is CC(C)(C)P(=O)(n1ccc2ccccc21)C(C)(C)C. The summed E-state index contributed by atoms with van der Waals surface area (Å²) < 4.78 is 15.9. The highest BCUT2D eigenvalue weighted by Gasteiger charge is 2.48. The molecule has 2 aromatic rings. The van der Waals surface area contributed by atoms with Gasteiger partial charge in [0, 0.05) is 16.5 Å². The van der Waals surface area contributed by atoms with E-state index in [1.165, 1.54) is 0 Å². The first-order chi connectivity index (χ1) is 8.59. The molecule has 0 aliphatic heterocycles. The van der Waals surface area contributed by atoms with Gasteiger partial charge in [0.25, 0.3) is 0 Å². The van der Waals surface area contributed by atoms with Gasteiger partial charge < -0.3 is 0 Å². The minimum absolute atomic E-state index is 0.271. The molecular weight excluding hydrogens is 253 g/mol. The lowest BCUT2D eigenvalue weighted by Crippen LogP contribution is -2.32. The van der Waals surface area contributed by atoms with Gasteiger partial charge in [0.15, 0.2) is 7.29 Å². The lowest BCUT2D eigenvalue weighted by molar-refractivity contribution is 0.509. The first-order valence-electron chi connectivity index (χ1n) is 6.76. The second kappa shape index (κ2) is 4.24. The lowest BCUT2D eigenvalue weighted by atomic mass is 10.2. The number of nitrogens with zero attached hydrogens (tertiary/aromatic N) is 1. The Hall–Kier alpha value is -1.01. The fourth-order valence-electron chi connectivity index (χ4n) is 2.97. The molecule has 0 N–H and O–H groups in total. The zero-order valence-electron chi connectivity index (χ0n) is 12.8.